The number of carbonyl (C=O) groups is 1. The van der Waals surface area contributed by atoms with Crippen LogP contribution in [0.5, 0.6) is 0 Å². The summed E-state index contributed by atoms with van der Waals surface area (Å²) in [5.74, 6) is 0.671. The number of sulfonamides is 1. The van der Waals surface area contributed by atoms with E-state index in [1.54, 1.807) is 29.5 Å². The van der Waals surface area contributed by atoms with Crippen LogP contribution in [0, 0.1) is 0 Å². The third-order valence-electron chi connectivity index (χ3n) is 7.14. The summed E-state index contributed by atoms with van der Waals surface area (Å²) in [5, 5.41) is 11.9. The molecule has 11 nitrogen and oxygen atoms in total. The number of nitrogens with zero attached hydrogens (tertiary/aromatic N) is 6. The second-order valence-electron chi connectivity index (χ2n) is 11.4. The smallest absolute Gasteiger partial charge is 0.269 e. The van der Waals surface area contributed by atoms with E-state index in [2.05, 4.69) is 44.0 Å². The van der Waals surface area contributed by atoms with E-state index in [-0.39, 0.29) is 23.6 Å². The molecule has 0 radical (unpaired) electrons. The van der Waals surface area contributed by atoms with Gasteiger partial charge in [-0.15, -0.1) is 0 Å². The van der Waals surface area contributed by atoms with Crippen LogP contribution in [-0.2, 0) is 42.5 Å². The maximum atomic E-state index is 13.1. The Morgan fingerprint density at radius 1 is 1.05 bits per heavy atom. The Morgan fingerprint density at radius 3 is 2.34 bits per heavy atom. The molecule has 0 saturated heterocycles. The van der Waals surface area contributed by atoms with Crippen molar-refractivity contribution < 1.29 is 13.2 Å². The van der Waals surface area contributed by atoms with Crippen LogP contribution in [0.2, 0.25) is 0 Å². The van der Waals surface area contributed by atoms with Crippen LogP contribution >= 0.6 is 0 Å². The van der Waals surface area contributed by atoms with Gasteiger partial charge < -0.3 is 10.2 Å². The van der Waals surface area contributed by atoms with Crippen LogP contribution in [0.15, 0.2) is 36.4 Å². The Morgan fingerprint density at radius 2 is 1.73 bits per heavy atom. The van der Waals surface area contributed by atoms with Crippen molar-refractivity contribution in [1.29, 1.82) is 0 Å². The van der Waals surface area contributed by atoms with Gasteiger partial charge in [0.2, 0.25) is 10.0 Å². The minimum Gasteiger partial charge on any atom is -0.343 e. The van der Waals surface area contributed by atoms with E-state index in [0.717, 1.165) is 30.9 Å². The van der Waals surface area contributed by atoms with Crippen molar-refractivity contribution in [3.05, 3.63) is 65.0 Å². The number of aryl methyl sites for hydroxylation is 3. The van der Waals surface area contributed by atoms with Gasteiger partial charge >= 0.3 is 0 Å². The lowest BCUT2D eigenvalue weighted by Crippen LogP contribution is -2.33. The van der Waals surface area contributed by atoms with E-state index < -0.39 is 16.1 Å². The van der Waals surface area contributed by atoms with Gasteiger partial charge in [0.25, 0.3) is 5.91 Å². The standard InChI is InChI=1S/C29H46N8O3S/c1-8-37(9-2)18-13-19-41(39,40)34-23(17-16-22-14-11-10-12-15-22)27-31-26(36(7)33-27)21-30-28(38)24-20-25(29(3,4)5)32-35(24)6/h10-12,14-15,20,23,34H,8-9,13,16-19,21H2,1-7H3,(H,30,38)/t23-/m1/s1. The second kappa shape index (κ2) is 14.2. The first-order valence-electron chi connectivity index (χ1n) is 14.3. The van der Waals surface area contributed by atoms with Crippen LogP contribution in [0.3, 0.4) is 0 Å². The minimum atomic E-state index is -3.57. The SMILES string of the molecule is CCN(CC)CCCS(=O)(=O)N[C@H](CCc1ccccc1)c1nc(CNC(=O)c2cc(C(C)(C)C)nn2C)n(C)n1. The average Bonchev–Trinajstić information content (AvgIpc) is 3.50. The molecule has 0 fully saturated rings. The zero-order chi connectivity index (χ0) is 30.2. The Balaban J connectivity index is 1.73. The number of amides is 1. The predicted octanol–water partition coefficient (Wildman–Crippen LogP) is 3.10. The Labute approximate surface area is 244 Å². The van der Waals surface area contributed by atoms with Crippen molar-refractivity contribution in [2.75, 3.05) is 25.4 Å². The minimum absolute atomic E-state index is 0.0301. The topological polar surface area (TPSA) is 127 Å². The van der Waals surface area contributed by atoms with E-state index in [4.69, 9.17) is 0 Å². The summed E-state index contributed by atoms with van der Waals surface area (Å²) in [6, 6.07) is 11.1. The fraction of sp³-hybridized carbons (Fsp3) is 0.586. The molecule has 0 saturated carbocycles. The highest BCUT2D eigenvalue weighted by Crippen LogP contribution is 2.22. The first kappa shape index (κ1) is 32.4. The number of nitrogens with one attached hydrogen (secondary N) is 2. The summed E-state index contributed by atoms with van der Waals surface area (Å²) in [7, 11) is -0.0820. The Hall–Kier alpha value is -3.09. The van der Waals surface area contributed by atoms with Gasteiger partial charge in [-0.25, -0.2) is 18.1 Å². The molecule has 0 aliphatic heterocycles. The highest BCUT2D eigenvalue weighted by Gasteiger charge is 2.25. The highest BCUT2D eigenvalue weighted by atomic mass is 32.2. The molecule has 41 heavy (non-hydrogen) atoms. The maximum absolute atomic E-state index is 13.1. The normalized spacial score (nSPS) is 13.1. The van der Waals surface area contributed by atoms with Gasteiger partial charge in [-0.1, -0.05) is 65.0 Å². The van der Waals surface area contributed by atoms with E-state index in [9.17, 15) is 13.2 Å². The van der Waals surface area contributed by atoms with Crippen molar-refractivity contribution in [1.82, 2.24) is 39.5 Å². The van der Waals surface area contributed by atoms with Gasteiger partial charge in [0, 0.05) is 19.5 Å². The maximum Gasteiger partial charge on any atom is 0.269 e. The molecule has 1 amide bonds. The summed E-state index contributed by atoms with van der Waals surface area (Å²) in [6.45, 7) is 12.9. The van der Waals surface area contributed by atoms with E-state index >= 15 is 0 Å². The number of rotatable bonds is 15. The summed E-state index contributed by atoms with van der Waals surface area (Å²) >= 11 is 0. The molecule has 12 heteroatoms. The molecule has 0 aliphatic rings. The molecule has 0 unspecified atom stereocenters. The summed E-state index contributed by atoms with van der Waals surface area (Å²) in [5.41, 5.74) is 2.21. The summed E-state index contributed by atoms with van der Waals surface area (Å²) in [6.07, 6.45) is 1.70. The first-order chi connectivity index (χ1) is 19.3. The van der Waals surface area contributed by atoms with E-state index in [1.165, 1.54) is 0 Å². The van der Waals surface area contributed by atoms with Crippen LogP contribution in [-0.4, -0.2) is 69.2 Å². The fourth-order valence-electron chi connectivity index (χ4n) is 4.53. The molecule has 3 rings (SSSR count). The van der Waals surface area contributed by atoms with Gasteiger partial charge in [0.05, 0.1) is 24.0 Å². The van der Waals surface area contributed by atoms with Gasteiger partial charge in [-0.3, -0.25) is 14.2 Å². The highest BCUT2D eigenvalue weighted by molar-refractivity contribution is 7.89. The predicted molar refractivity (Wildman–Crippen MR) is 161 cm³/mol. The molecule has 1 aromatic carbocycles. The van der Waals surface area contributed by atoms with E-state index in [1.807, 2.05) is 51.1 Å². The molecule has 2 heterocycles. The Bertz CT molecular complexity index is 1370. The lowest BCUT2D eigenvalue weighted by atomic mass is 9.92. The number of carbonyl (C=O) groups excluding carboxylic acids is 1. The molecule has 2 N–H and O–H groups in total. The molecule has 0 spiro atoms. The fourth-order valence-corrected chi connectivity index (χ4v) is 5.81. The van der Waals surface area contributed by atoms with E-state index in [0.29, 0.717) is 36.6 Å². The molecule has 0 bridgehead atoms. The number of aromatic nitrogens is 5. The monoisotopic (exact) mass is 586 g/mol. The molecule has 0 aliphatic carbocycles. The molecule has 226 valence electrons. The molecule has 2 aromatic heterocycles. The number of hydrogen-bond acceptors (Lipinski definition) is 7. The number of benzene rings is 1. The van der Waals surface area contributed by atoms with Crippen molar-refractivity contribution in [3.63, 3.8) is 0 Å². The van der Waals surface area contributed by atoms with Crippen molar-refractivity contribution >= 4 is 15.9 Å². The second-order valence-corrected chi connectivity index (χ2v) is 13.2. The lowest BCUT2D eigenvalue weighted by molar-refractivity contribution is 0.0940. The molecule has 1 atom stereocenters. The largest absolute Gasteiger partial charge is 0.343 e. The van der Waals surface area contributed by atoms with Crippen LogP contribution in [0.25, 0.3) is 0 Å². The molecular weight excluding hydrogens is 540 g/mol. The lowest BCUT2D eigenvalue weighted by Gasteiger charge is -2.19. The van der Waals surface area contributed by atoms with Gasteiger partial charge in [0.1, 0.15) is 11.5 Å². The van der Waals surface area contributed by atoms with Crippen molar-refractivity contribution in [2.24, 2.45) is 14.1 Å². The Kier molecular flexibility index (Phi) is 11.2. The van der Waals surface area contributed by atoms with Crippen LogP contribution < -0.4 is 10.0 Å². The third kappa shape index (κ3) is 9.47. The zero-order valence-corrected chi connectivity index (χ0v) is 26.3. The van der Waals surface area contributed by atoms with Crippen molar-refractivity contribution in [3.8, 4) is 0 Å². The zero-order valence-electron chi connectivity index (χ0n) is 25.5. The third-order valence-corrected chi connectivity index (χ3v) is 8.61. The molecular formula is C29H46N8O3S. The van der Waals surface area contributed by atoms with Gasteiger partial charge in [-0.2, -0.15) is 10.2 Å². The number of hydrogen-bond donors (Lipinski definition) is 2. The van der Waals surface area contributed by atoms with Crippen molar-refractivity contribution in [2.45, 2.75) is 71.9 Å². The van der Waals surface area contributed by atoms with Gasteiger partial charge in [-0.05, 0) is 50.5 Å². The van der Waals surface area contributed by atoms with Gasteiger partial charge in [0.15, 0.2) is 5.82 Å². The van der Waals surface area contributed by atoms with Crippen LogP contribution in [0.4, 0.5) is 0 Å². The van der Waals surface area contributed by atoms with Crippen LogP contribution in [0.1, 0.15) is 86.9 Å². The quantitative estimate of drug-likeness (QED) is 0.280. The first-order valence-corrected chi connectivity index (χ1v) is 16.0. The average molecular weight is 587 g/mol. The summed E-state index contributed by atoms with van der Waals surface area (Å²) in [4.78, 5) is 19.8. The summed E-state index contributed by atoms with van der Waals surface area (Å²) < 4.78 is 32.2. The molecule has 3 aromatic rings.